The van der Waals surface area contributed by atoms with Crippen LogP contribution in [0.1, 0.15) is 33.6 Å². The highest BCUT2D eigenvalue weighted by molar-refractivity contribution is 7.89. The topological polar surface area (TPSA) is 84.9 Å². The second-order valence-electron chi connectivity index (χ2n) is 6.83. The van der Waals surface area contributed by atoms with Gasteiger partial charge in [0.15, 0.2) is 17.6 Å². The fourth-order valence-electron chi connectivity index (χ4n) is 2.91. The predicted octanol–water partition coefficient (Wildman–Crippen LogP) is 3.91. The molecule has 0 saturated heterocycles. The maximum absolute atomic E-state index is 12.8. The molecule has 30 heavy (non-hydrogen) atoms. The molecule has 2 rings (SSSR count). The van der Waals surface area contributed by atoms with E-state index in [1.54, 1.807) is 37.3 Å². The normalized spacial score (nSPS) is 12.4. The number of amides is 1. The van der Waals surface area contributed by atoms with Gasteiger partial charge in [0.2, 0.25) is 10.0 Å². The Bertz CT molecular complexity index is 923. The van der Waals surface area contributed by atoms with Crippen molar-refractivity contribution in [1.82, 2.24) is 4.31 Å². The maximum atomic E-state index is 12.8. The minimum Gasteiger partial charge on any atom is -0.493 e. The van der Waals surface area contributed by atoms with Crippen LogP contribution in [0.4, 0.5) is 5.69 Å². The molecule has 0 aliphatic rings. The minimum atomic E-state index is -3.55. The number of benzene rings is 2. The molecule has 1 N–H and O–H groups in total. The van der Waals surface area contributed by atoms with E-state index < -0.39 is 16.1 Å². The van der Waals surface area contributed by atoms with E-state index >= 15 is 0 Å². The lowest BCUT2D eigenvalue weighted by atomic mass is 10.3. The highest BCUT2D eigenvalue weighted by Gasteiger charge is 2.23. The molecule has 0 aliphatic heterocycles. The van der Waals surface area contributed by atoms with E-state index in [-0.39, 0.29) is 10.8 Å². The Hall–Kier alpha value is -2.58. The molecule has 0 fully saturated rings. The zero-order valence-corrected chi connectivity index (χ0v) is 18.7. The van der Waals surface area contributed by atoms with Crippen molar-refractivity contribution in [1.29, 1.82) is 0 Å². The zero-order valence-electron chi connectivity index (χ0n) is 17.9. The number of nitrogens with one attached hydrogen (secondary N) is 1. The summed E-state index contributed by atoms with van der Waals surface area (Å²) < 4.78 is 38.1. The van der Waals surface area contributed by atoms with E-state index in [9.17, 15) is 13.2 Å². The third-order valence-electron chi connectivity index (χ3n) is 4.45. The van der Waals surface area contributed by atoms with Gasteiger partial charge in [0, 0.05) is 18.8 Å². The van der Waals surface area contributed by atoms with Crippen molar-refractivity contribution in [2.45, 2.75) is 44.6 Å². The quantitative estimate of drug-likeness (QED) is 0.580. The second-order valence-corrected chi connectivity index (χ2v) is 8.77. The van der Waals surface area contributed by atoms with Gasteiger partial charge in [-0.3, -0.25) is 4.79 Å². The molecule has 0 radical (unpaired) electrons. The van der Waals surface area contributed by atoms with Gasteiger partial charge >= 0.3 is 0 Å². The summed E-state index contributed by atoms with van der Waals surface area (Å²) in [4.78, 5) is 12.7. The summed E-state index contributed by atoms with van der Waals surface area (Å²) in [6, 6.07) is 13.3. The smallest absolute Gasteiger partial charge is 0.265 e. The zero-order chi connectivity index (χ0) is 22.1. The number of para-hydroxylation sites is 2. The molecule has 0 bridgehead atoms. The van der Waals surface area contributed by atoms with E-state index in [4.69, 9.17) is 9.47 Å². The van der Waals surface area contributed by atoms with Gasteiger partial charge < -0.3 is 14.8 Å². The number of ether oxygens (including phenoxy) is 2. The summed E-state index contributed by atoms with van der Waals surface area (Å²) in [6.45, 7) is 6.49. The molecule has 2 aromatic rings. The van der Waals surface area contributed by atoms with Crippen LogP contribution in [-0.4, -0.2) is 44.9 Å². The van der Waals surface area contributed by atoms with E-state index in [1.165, 1.54) is 23.5 Å². The molecule has 8 heteroatoms. The number of hydrogen-bond donors (Lipinski definition) is 1. The molecule has 0 spiro atoms. The van der Waals surface area contributed by atoms with Crippen LogP contribution >= 0.6 is 0 Å². The lowest BCUT2D eigenvalue weighted by Gasteiger charge is -2.21. The summed E-state index contributed by atoms with van der Waals surface area (Å²) in [7, 11) is -2.02. The van der Waals surface area contributed by atoms with Crippen LogP contribution in [0.25, 0.3) is 0 Å². The number of carbonyl (C=O) groups excluding carboxylic acids is 1. The average molecular weight is 435 g/mol. The Labute approximate surface area is 179 Å². The monoisotopic (exact) mass is 434 g/mol. The third kappa shape index (κ3) is 5.96. The van der Waals surface area contributed by atoms with E-state index in [0.29, 0.717) is 30.3 Å². The summed E-state index contributed by atoms with van der Waals surface area (Å²) in [5.41, 5.74) is 0.493. The van der Waals surface area contributed by atoms with Crippen molar-refractivity contribution >= 4 is 21.6 Å². The molecule has 2 aromatic carbocycles. The standard InChI is InChI=1S/C22H30N2O5S/c1-5-15-24(16-6-2)30(26,27)19-13-11-18(12-14-19)23-22(25)17(3)29-21-10-8-7-9-20(21)28-4/h7-14,17H,5-6,15-16H2,1-4H3,(H,23,25). The number of hydrogen-bond acceptors (Lipinski definition) is 5. The second kappa shape index (κ2) is 11.0. The largest absolute Gasteiger partial charge is 0.493 e. The van der Waals surface area contributed by atoms with Gasteiger partial charge in [0.25, 0.3) is 5.91 Å². The molecule has 0 aliphatic carbocycles. The van der Waals surface area contributed by atoms with Gasteiger partial charge in [0.05, 0.1) is 12.0 Å². The van der Waals surface area contributed by atoms with E-state index in [2.05, 4.69) is 5.32 Å². The molecule has 7 nitrogen and oxygen atoms in total. The summed E-state index contributed by atoms with van der Waals surface area (Å²) >= 11 is 0. The molecule has 0 aromatic heterocycles. The fourth-order valence-corrected chi connectivity index (χ4v) is 4.54. The molecule has 164 valence electrons. The first kappa shape index (κ1) is 23.7. The van der Waals surface area contributed by atoms with Crippen LogP contribution in [0.5, 0.6) is 11.5 Å². The SMILES string of the molecule is CCCN(CCC)S(=O)(=O)c1ccc(NC(=O)C(C)Oc2ccccc2OC)cc1. The lowest BCUT2D eigenvalue weighted by molar-refractivity contribution is -0.122. The van der Waals surface area contributed by atoms with Crippen LogP contribution in [0, 0.1) is 0 Å². The average Bonchev–Trinajstić information content (AvgIpc) is 2.74. The highest BCUT2D eigenvalue weighted by Crippen LogP contribution is 2.27. The molecular formula is C22H30N2O5S. The number of carbonyl (C=O) groups is 1. The van der Waals surface area contributed by atoms with Crippen molar-refractivity contribution < 1.29 is 22.7 Å². The predicted molar refractivity (Wildman–Crippen MR) is 117 cm³/mol. The summed E-state index contributed by atoms with van der Waals surface area (Å²) in [6.07, 6.45) is 0.726. The van der Waals surface area contributed by atoms with Crippen molar-refractivity contribution in [3.8, 4) is 11.5 Å². The van der Waals surface area contributed by atoms with Crippen molar-refractivity contribution in [2.24, 2.45) is 0 Å². The first-order valence-electron chi connectivity index (χ1n) is 10.0. The molecule has 0 saturated carbocycles. The van der Waals surface area contributed by atoms with Crippen LogP contribution in [-0.2, 0) is 14.8 Å². The van der Waals surface area contributed by atoms with Crippen molar-refractivity contribution in [3.63, 3.8) is 0 Å². The Kier molecular flexibility index (Phi) is 8.68. The maximum Gasteiger partial charge on any atom is 0.265 e. The number of sulfonamides is 1. The molecule has 1 atom stereocenters. The number of anilines is 1. The van der Waals surface area contributed by atoms with Gasteiger partial charge in [-0.2, -0.15) is 4.31 Å². The van der Waals surface area contributed by atoms with Crippen LogP contribution < -0.4 is 14.8 Å². The first-order valence-corrected chi connectivity index (χ1v) is 11.5. The summed E-state index contributed by atoms with van der Waals surface area (Å²) in [5.74, 6) is 0.654. The Balaban J connectivity index is 2.06. The number of methoxy groups -OCH3 is 1. The summed E-state index contributed by atoms with van der Waals surface area (Å²) in [5, 5.41) is 2.74. The van der Waals surface area contributed by atoms with Crippen molar-refractivity contribution in [3.05, 3.63) is 48.5 Å². The van der Waals surface area contributed by atoms with Crippen molar-refractivity contribution in [2.75, 3.05) is 25.5 Å². The van der Waals surface area contributed by atoms with Gasteiger partial charge in [-0.1, -0.05) is 26.0 Å². The Morgan fingerprint density at radius 2 is 1.57 bits per heavy atom. The first-order chi connectivity index (χ1) is 14.3. The van der Waals surface area contributed by atoms with Crippen LogP contribution in [0.2, 0.25) is 0 Å². The van der Waals surface area contributed by atoms with Gasteiger partial charge in [-0.25, -0.2) is 8.42 Å². The highest BCUT2D eigenvalue weighted by atomic mass is 32.2. The van der Waals surface area contributed by atoms with Gasteiger partial charge in [-0.05, 0) is 56.2 Å². The molecule has 1 amide bonds. The van der Waals surface area contributed by atoms with Crippen LogP contribution in [0.3, 0.4) is 0 Å². The molecular weight excluding hydrogens is 404 g/mol. The minimum absolute atomic E-state index is 0.209. The Morgan fingerprint density at radius 3 is 2.10 bits per heavy atom. The molecule has 1 unspecified atom stereocenters. The van der Waals surface area contributed by atoms with E-state index in [1.807, 2.05) is 19.9 Å². The number of nitrogens with zero attached hydrogens (tertiary/aromatic N) is 1. The van der Waals surface area contributed by atoms with Crippen LogP contribution in [0.15, 0.2) is 53.4 Å². The molecule has 0 heterocycles. The third-order valence-corrected chi connectivity index (χ3v) is 6.36. The van der Waals surface area contributed by atoms with Gasteiger partial charge in [0.1, 0.15) is 0 Å². The lowest BCUT2D eigenvalue weighted by Crippen LogP contribution is -2.32. The fraction of sp³-hybridized carbons (Fsp3) is 0.409. The van der Waals surface area contributed by atoms with Gasteiger partial charge in [-0.15, -0.1) is 0 Å². The Morgan fingerprint density at radius 1 is 1.00 bits per heavy atom. The van der Waals surface area contributed by atoms with E-state index in [0.717, 1.165) is 12.8 Å². The number of rotatable bonds is 11.